The highest BCUT2D eigenvalue weighted by molar-refractivity contribution is 5.45. The van der Waals surface area contributed by atoms with E-state index in [1.54, 1.807) is 0 Å². The number of nitrogens with two attached hydrogens (primary N) is 1. The number of para-hydroxylation sites is 1. The van der Waals surface area contributed by atoms with Gasteiger partial charge >= 0.3 is 0 Å². The average molecular weight is 276 g/mol. The van der Waals surface area contributed by atoms with Crippen LogP contribution in [0.3, 0.4) is 0 Å². The largest absolute Gasteiger partial charge is 0.493 e. The minimum absolute atomic E-state index is 0.177. The van der Waals surface area contributed by atoms with Crippen LogP contribution in [0, 0.1) is 5.92 Å². The maximum absolute atomic E-state index is 5.79. The molecular formula is C16H24N2O2. The number of hydrogen-bond acceptors (Lipinski definition) is 4. The lowest BCUT2D eigenvalue weighted by Gasteiger charge is -2.37. The third kappa shape index (κ3) is 2.68. The highest BCUT2D eigenvalue weighted by atomic mass is 16.5. The molecule has 0 spiro atoms. The minimum Gasteiger partial charge on any atom is -0.493 e. The Morgan fingerprint density at radius 2 is 2.30 bits per heavy atom. The van der Waals surface area contributed by atoms with E-state index in [0.717, 1.165) is 44.6 Å². The van der Waals surface area contributed by atoms with Crippen LogP contribution in [-0.4, -0.2) is 19.3 Å². The van der Waals surface area contributed by atoms with Crippen molar-refractivity contribution in [1.29, 1.82) is 0 Å². The Kier molecular flexibility index (Phi) is 4.24. The van der Waals surface area contributed by atoms with E-state index in [1.807, 2.05) is 0 Å². The second-order valence-corrected chi connectivity index (χ2v) is 5.80. The van der Waals surface area contributed by atoms with E-state index in [2.05, 4.69) is 30.5 Å². The smallest absolute Gasteiger partial charge is 0.127 e. The molecule has 1 aliphatic heterocycles. The van der Waals surface area contributed by atoms with Crippen molar-refractivity contribution >= 4 is 0 Å². The molecule has 20 heavy (non-hydrogen) atoms. The molecule has 0 saturated heterocycles. The lowest BCUT2D eigenvalue weighted by Crippen LogP contribution is -2.36. The van der Waals surface area contributed by atoms with Crippen LogP contribution in [0.25, 0.3) is 0 Å². The van der Waals surface area contributed by atoms with Gasteiger partial charge in [-0.2, -0.15) is 0 Å². The Balaban J connectivity index is 1.64. The highest BCUT2D eigenvalue weighted by Crippen LogP contribution is 2.40. The second kappa shape index (κ2) is 6.12. The van der Waals surface area contributed by atoms with Crippen LogP contribution in [0.4, 0.5) is 0 Å². The second-order valence-electron chi connectivity index (χ2n) is 5.80. The summed E-state index contributed by atoms with van der Waals surface area (Å²) in [4.78, 5) is 0. The van der Waals surface area contributed by atoms with Crippen molar-refractivity contribution in [2.45, 2.75) is 44.8 Å². The first kappa shape index (κ1) is 13.9. The van der Waals surface area contributed by atoms with Gasteiger partial charge in [-0.05, 0) is 37.7 Å². The summed E-state index contributed by atoms with van der Waals surface area (Å²) in [6, 6.07) is 6.56. The number of fused-ring (bicyclic) bond motifs is 1. The molecular weight excluding hydrogens is 252 g/mol. The lowest BCUT2D eigenvalue weighted by atomic mass is 9.77. The van der Waals surface area contributed by atoms with E-state index in [0.29, 0.717) is 12.0 Å². The monoisotopic (exact) mass is 276 g/mol. The topological polar surface area (TPSA) is 56.5 Å². The molecule has 1 aromatic carbocycles. The third-order valence-electron chi connectivity index (χ3n) is 4.49. The van der Waals surface area contributed by atoms with Crippen molar-refractivity contribution in [3.63, 3.8) is 0 Å². The lowest BCUT2D eigenvalue weighted by molar-refractivity contribution is -0.0292. The molecule has 0 bridgehead atoms. The van der Waals surface area contributed by atoms with Crippen molar-refractivity contribution < 1.29 is 9.47 Å². The fraction of sp³-hybridized carbons (Fsp3) is 0.625. The number of hydrazine groups is 1. The molecule has 3 rings (SSSR count). The first-order valence-electron chi connectivity index (χ1n) is 7.64. The molecule has 0 amide bonds. The Morgan fingerprint density at radius 3 is 3.05 bits per heavy atom. The SMILES string of the molecule is CCOC1CC(CC(NN)c2cccc3c2OCC3)C1. The van der Waals surface area contributed by atoms with Crippen LogP contribution >= 0.6 is 0 Å². The summed E-state index contributed by atoms with van der Waals surface area (Å²) in [5.74, 6) is 7.53. The van der Waals surface area contributed by atoms with Gasteiger partial charge in [0.25, 0.3) is 0 Å². The number of benzene rings is 1. The number of hydrogen-bond donors (Lipinski definition) is 2. The van der Waals surface area contributed by atoms with E-state index in [9.17, 15) is 0 Å². The normalized spacial score (nSPS) is 25.7. The third-order valence-corrected chi connectivity index (χ3v) is 4.49. The number of nitrogens with one attached hydrogen (secondary N) is 1. The van der Waals surface area contributed by atoms with Gasteiger partial charge in [-0.15, -0.1) is 0 Å². The Bertz CT molecular complexity index is 458. The van der Waals surface area contributed by atoms with E-state index >= 15 is 0 Å². The summed E-state index contributed by atoms with van der Waals surface area (Å²) in [6.45, 7) is 3.66. The van der Waals surface area contributed by atoms with Crippen molar-refractivity contribution in [1.82, 2.24) is 5.43 Å². The molecule has 1 aliphatic carbocycles. The molecule has 1 heterocycles. The van der Waals surface area contributed by atoms with Gasteiger partial charge in [0.15, 0.2) is 0 Å². The number of rotatable bonds is 6. The zero-order valence-corrected chi connectivity index (χ0v) is 12.1. The van der Waals surface area contributed by atoms with Gasteiger partial charge in [0, 0.05) is 24.6 Å². The Morgan fingerprint density at radius 1 is 1.45 bits per heavy atom. The molecule has 4 heteroatoms. The summed E-state index contributed by atoms with van der Waals surface area (Å²) in [5.41, 5.74) is 5.49. The number of ether oxygens (including phenoxy) is 2. The van der Waals surface area contributed by atoms with Gasteiger partial charge in [0.05, 0.1) is 12.7 Å². The van der Waals surface area contributed by atoms with Gasteiger partial charge in [-0.25, -0.2) is 0 Å². The van der Waals surface area contributed by atoms with Crippen molar-refractivity contribution in [3.8, 4) is 5.75 Å². The quantitative estimate of drug-likeness (QED) is 0.618. The fourth-order valence-corrected chi connectivity index (χ4v) is 3.37. The van der Waals surface area contributed by atoms with E-state index in [-0.39, 0.29) is 6.04 Å². The summed E-state index contributed by atoms with van der Waals surface area (Å²) < 4.78 is 11.4. The van der Waals surface area contributed by atoms with Crippen LogP contribution < -0.4 is 16.0 Å². The first-order chi connectivity index (χ1) is 9.81. The Hall–Kier alpha value is -1.10. The average Bonchev–Trinajstić information content (AvgIpc) is 2.89. The predicted molar refractivity (Wildman–Crippen MR) is 78.5 cm³/mol. The Labute approximate surface area is 120 Å². The minimum atomic E-state index is 0.177. The highest BCUT2D eigenvalue weighted by Gasteiger charge is 2.32. The fourth-order valence-electron chi connectivity index (χ4n) is 3.37. The van der Waals surface area contributed by atoms with Crippen LogP contribution in [0.1, 0.15) is 43.4 Å². The molecule has 0 radical (unpaired) electrons. The maximum Gasteiger partial charge on any atom is 0.127 e. The van der Waals surface area contributed by atoms with Crippen LogP contribution in [0.2, 0.25) is 0 Å². The molecule has 1 fully saturated rings. The zero-order chi connectivity index (χ0) is 13.9. The molecule has 4 nitrogen and oxygen atoms in total. The molecule has 110 valence electrons. The van der Waals surface area contributed by atoms with Crippen LogP contribution in [0.15, 0.2) is 18.2 Å². The molecule has 1 aromatic rings. The summed E-state index contributed by atoms with van der Waals surface area (Å²) >= 11 is 0. The van der Waals surface area contributed by atoms with Gasteiger partial charge in [-0.3, -0.25) is 11.3 Å². The van der Waals surface area contributed by atoms with Crippen molar-refractivity contribution in [2.24, 2.45) is 11.8 Å². The standard InChI is InChI=1S/C16H24N2O2/c1-2-19-13-8-11(9-13)10-15(18-17)14-5-3-4-12-6-7-20-16(12)14/h3-5,11,13,15,18H,2,6-10,17H2,1H3. The van der Waals surface area contributed by atoms with E-state index < -0.39 is 0 Å². The molecule has 3 N–H and O–H groups in total. The van der Waals surface area contributed by atoms with Crippen LogP contribution in [-0.2, 0) is 11.2 Å². The van der Waals surface area contributed by atoms with E-state index in [4.69, 9.17) is 15.3 Å². The van der Waals surface area contributed by atoms with Crippen LogP contribution in [0.5, 0.6) is 5.75 Å². The predicted octanol–water partition coefficient (Wildman–Crippen LogP) is 2.33. The van der Waals surface area contributed by atoms with Gasteiger partial charge < -0.3 is 9.47 Å². The summed E-state index contributed by atoms with van der Waals surface area (Å²) in [5, 5.41) is 0. The summed E-state index contributed by atoms with van der Waals surface area (Å²) in [6.07, 6.45) is 4.83. The summed E-state index contributed by atoms with van der Waals surface area (Å²) in [7, 11) is 0. The molecule has 2 aliphatic rings. The molecule has 1 unspecified atom stereocenters. The molecule has 0 aromatic heterocycles. The molecule has 1 atom stereocenters. The van der Waals surface area contributed by atoms with Gasteiger partial charge in [-0.1, -0.05) is 18.2 Å². The van der Waals surface area contributed by atoms with E-state index in [1.165, 1.54) is 11.1 Å². The van der Waals surface area contributed by atoms with Gasteiger partial charge in [0.2, 0.25) is 0 Å². The molecule has 1 saturated carbocycles. The first-order valence-corrected chi connectivity index (χ1v) is 7.64. The van der Waals surface area contributed by atoms with Crippen molar-refractivity contribution in [2.75, 3.05) is 13.2 Å². The zero-order valence-electron chi connectivity index (χ0n) is 12.1. The van der Waals surface area contributed by atoms with Crippen molar-refractivity contribution in [3.05, 3.63) is 29.3 Å². The maximum atomic E-state index is 5.79. The van der Waals surface area contributed by atoms with Gasteiger partial charge in [0.1, 0.15) is 5.75 Å².